The Morgan fingerprint density at radius 2 is 1.68 bits per heavy atom. The van der Waals surface area contributed by atoms with Gasteiger partial charge >= 0.3 is 6.16 Å². The van der Waals surface area contributed by atoms with Crippen LogP contribution >= 0.6 is 0 Å². The van der Waals surface area contributed by atoms with Gasteiger partial charge in [-0.05, 0) is 43.3 Å². The standard InChI is InChI=1S/C25H36N4O8/c1-16(2)23(28-19(30)6-4-3-5-13-29-21(32)11-12-22(29)33)24(34)26-14-20(31)27-18-9-7-17(8-10-18)15-37-25(35)36/h7,9,16,23H,3-6,8,10-15H2,1-2H3,(H,26,34)(H,27,31)(H,28,30)(H,35,36). The van der Waals surface area contributed by atoms with Crippen molar-refractivity contribution in [1.29, 1.82) is 0 Å². The van der Waals surface area contributed by atoms with Crippen LogP contribution < -0.4 is 16.0 Å². The topological polar surface area (TPSA) is 171 Å². The molecule has 0 aromatic heterocycles. The van der Waals surface area contributed by atoms with Gasteiger partial charge < -0.3 is 25.8 Å². The van der Waals surface area contributed by atoms with Crippen LogP contribution in [0.15, 0.2) is 23.4 Å². The molecule has 2 aliphatic rings. The van der Waals surface area contributed by atoms with E-state index >= 15 is 0 Å². The van der Waals surface area contributed by atoms with Crippen molar-refractivity contribution in [1.82, 2.24) is 20.9 Å². The fourth-order valence-corrected chi connectivity index (χ4v) is 3.94. The van der Waals surface area contributed by atoms with Gasteiger partial charge in [0.2, 0.25) is 29.5 Å². The molecule has 2 rings (SSSR count). The molecular formula is C25H36N4O8. The van der Waals surface area contributed by atoms with Gasteiger partial charge in [-0.15, -0.1) is 0 Å². The molecule has 0 spiro atoms. The SMILES string of the molecule is CC(C)C(NC(=O)CCCCCN1C(=O)CCC1=O)C(=O)NCC(=O)NC1=CC=C(COC(=O)O)CC1. The Hall–Kier alpha value is -3.70. The molecule has 1 aliphatic heterocycles. The Labute approximate surface area is 215 Å². The summed E-state index contributed by atoms with van der Waals surface area (Å²) in [6.07, 6.45) is 5.66. The lowest BCUT2D eigenvalue weighted by atomic mass is 10.0. The number of rotatable bonds is 14. The number of hydrogen-bond acceptors (Lipinski definition) is 7. The average molecular weight is 521 g/mol. The van der Waals surface area contributed by atoms with E-state index in [4.69, 9.17) is 5.11 Å². The van der Waals surface area contributed by atoms with E-state index in [0.717, 1.165) is 5.57 Å². The summed E-state index contributed by atoms with van der Waals surface area (Å²) in [7, 11) is 0. The summed E-state index contributed by atoms with van der Waals surface area (Å²) in [5.74, 6) is -1.65. The Morgan fingerprint density at radius 3 is 2.27 bits per heavy atom. The smallest absolute Gasteiger partial charge is 0.450 e. The van der Waals surface area contributed by atoms with Gasteiger partial charge in [0.25, 0.3) is 0 Å². The van der Waals surface area contributed by atoms with Gasteiger partial charge in [-0.1, -0.05) is 26.3 Å². The predicted molar refractivity (Wildman–Crippen MR) is 132 cm³/mol. The molecule has 1 aliphatic carbocycles. The maximum Gasteiger partial charge on any atom is 0.506 e. The molecule has 0 saturated carbocycles. The number of nitrogens with one attached hydrogen (secondary N) is 3. The molecule has 37 heavy (non-hydrogen) atoms. The Kier molecular flexibility index (Phi) is 11.8. The first-order valence-electron chi connectivity index (χ1n) is 12.5. The molecule has 5 amide bonds. The van der Waals surface area contributed by atoms with Crippen molar-refractivity contribution in [2.24, 2.45) is 5.92 Å². The summed E-state index contributed by atoms with van der Waals surface area (Å²) in [4.78, 5) is 72.1. The molecule has 12 heteroatoms. The molecule has 1 fully saturated rings. The first-order valence-corrected chi connectivity index (χ1v) is 12.5. The third kappa shape index (κ3) is 10.4. The zero-order valence-electron chi connectivity index (χ0n) is 21.3. The zero-order valence-corrected chi connectivity index (χ0v) is 21.3. The van der Waals surface area contributed by atoms with E-state index in [2.05, 4.69) is 20.7 Å². The van der Waals surface area contributed by atoms with E-state index in [0.29, 0.717) is 44.3 Å². The second-order valence-electron chi connectivity index (χ2n) is 9.38. The Morgan fingerprint density at radius 1 is 0.973 bits per heavy atom. The van der Waals surface area contributed by atoms with Gasteiger partial charge in [-0.3, -0.25) is 28.9 Å². The van der Waals surface area contributed by atoms with E-state index in [-0.39, 0.29) is 56.1 Å². The summed E-state index contributed by atoms with van der Waals surface area (Å²) >= 11 is 0. The minimum Gasteiger partial charge on any atom is -0.450 e. The number of amides is 5. The Bertz CT molecular complexity index is 940. The predicted octanol–water partition coefficient (Wildman–Crippen LogP) is 1.37. The third-order valence-corrected chi connectivity index (χ3v) is 6.05. The second kappa shape index (κ2) is 14.8. The lowest BCUT2D eigenvalue weighted by molar-refractivity contribution is -0.138. The van der Waals surface area contributed by atoms with Crippen molar-refractivity contribution >= 4 is 35.7 Å². The van der Waals surface area contributed by atoms with Crippen LogP contribution in [-0.2, 0) is 28.7 Å². The van der Waals surface area contributed by atoms with Crippen LogP contribution in [0, 0.1) is 5.92 Å². The van der Waals surface area contributed by atoms with Crippen LogP contribution in [0.1, 0.15) is 65.2 Å². The number of hydrogen-bond donors (Lipinski definition) is 4. The summed E-state index contributed by atoms with van der Waals surface area (Å²) < 4.78 is 4.52. The van der Waals surface area contributed by atoms with Crippen LogP contribution in [-0.4, -0.2) is 71.4 Å². The van der Waals surface area contributed by atoms with E-state index < -0.39 is 24.0 Å². The number of imide groups is 1. The summed E-state index contributed by atoms with van der Waals surface area (Å²) in [6, 6.07) is -0.797. The van der Waals surface area contributed by atoms with Gasteiger partial charge in [0.05, 0.1) is 6.54 Å². The number of likely N-dealkylation sites (tertiary alicyclic amines) is 1. The van der Waals surface area contributed by atoms with Gasteiger partial charge in [0.1, 0.15) is 12.6 Å². The lowest BCUT2D eigenvalue weighted by Gasteiger charge is -2.22. The highest BCUT2D eigenvalue weighted by atomic mass is 16.7. The Balaban J connectivity index is 1.68. The van der Waals surface area contributed by atoms with E-state index in [1.54, 1.807) is 26.0 Å². The molecule has 1 unspecified atom stereocenters. The minimum atomic E-state index is -1.35. The quantitative estimate of drug-likeness (QED) is 0.151. The highest BCUT2D eigenvalue weighted by Crippen LogP contribution is 2.17. The molecule has 4 N–H and O–H groups in total. The minimum absolute atomic E-state index is 0.0218. The molecule has 0 aromatic carbocycles. The second-order valence-corrected chi connectivity index (χ2v) is 9.38. The summed E-state index contributed by atoms with van der Waals surface area (Å²) in [6.45, 7) is 3.67. The van der Waals surface area contributed by atoms with E-state index in [1.807, 2.05) is 0 Å². The fraction of sp³-hybridized carbons (Fsp3) is 0.600. The molecule has 1 atom stereocenters. The molecule has 12 nitrogen and oxygen atoms in total. The monoisotopic (exact) mass is 520 g/mol. The lowest BCUT2D eigenvalue weighted by Crippen LogP contribution is -2.51. The molecule has 204 valence electrons. The van der Waals surface area contributed by atoms with Crippen molar-refractivity contribution < 1.29 is 38.6 Å². The van der Waals surface area contributed by atoms with Crippen molar-refractivity contribution in [3.8, 4) is 0 Å². The number of allylic oxidation sites excluding steroid dienone is 3. The fourth-order valence-electron chi connectivity index (χ4n) is 3.94. The highest BCUT2D eigenvalue weighted by molar-refractivity contribution is 6.01. The highest BCUT2D eigenvalue weighted by Gasteiger charge is 2.28. The van der Waals surface area contributed by atoms with Crippen molar-refractivity contribution in [3.63, 3.8) is 0 Å². The number of carbonyl (C=O) groups is 6. The normalized spacial score (nSPS) is 16.1. The number of carboxylic acid groups (broad SMARTS) is 1. The maximum absolute atomic E-state index is 12.6. The van der Waals surface area contributed by atoms with E-state index in [1.165, 1.54) is 4.90 Å². The van der Waals surface area contributed by atoms with Gasteiger partial charge in [-0.2, -0.15) is 0 Å². The van der Waals surface area contributed by atoms with Crippen LogP contribution in [0.25, 0.3) is 0 Å². The molecule has 0 aromatic rings. The van der Waals surface area contributed by atoms with Crippen LogP contribution in [0.3, 0.4) is 0 Å². The van der Waals surface area contributed by atoms with Gasteiger partial charge in [-0.25, -0.2) is 4.79 Å². The molecule has 1 heterocycles. The summed E-state index contributed by atoms with van der Waals surface area (Å²) in [5, 5.41) is 16.5. The van der Waals surface area contributed by atoms with Crippen LogP contribution in [0.2, 0.25) is 0 Å². The number of nitrogens with zero attached hydrogens (tertiary/aromatic N) is 1. The van der Waals surface area contributed by atoms with Crippen molar-refractivity contribution in [2.75, 3.05) is 19.7 Å². The van der Waals surface area contributed by atoms with Crippen LogP contribution in [0.5, 0.6) is 0 Å². The van der Waals surface area contributed by atoms with Crippen LogP contribution in [0.4, 0.5) is 4.79 Å². The van der Waals surface area contributed by atoms with Gasteiger partial charge in [0.15, 0.2) is 0 Å². The first kappa shape index (κ1) is 29.5. The molecular weight excluding hydrogens is 484 g/mol. The molecule has 1 saturated heterocycles. The average Bonchev–Trinajstić information content (AvgIpc) is 3.17. The molecule has 0 bridgehead atoms. The van der Waals surface area contributed by atoms with Crippen molar-refractivity contribution in [2.45, 2.75) is 71.3 Å². The number of ether oxygens (including phenoxy) is 1. The first-order chi connectivity index (χ1) is 17.6. The molecule has 0 radical (unpaired) electrons. The third-order valence-electron chi connectivity index (χ3n) is 6.05. The van der Waals surface area contributed by atoms with E-state index in [9.17, 15) is 28.8 Å². The van der Waals surface area contributed by atoms with Crippen molar-refractivity contribution in [3.05, 3.63) is 23.4 Å². The number of carbonyl (C=O) groups excluding carboxylic acids is 5. The van der Waals surface area contributed by atoms with Gasteiger partial charge in [0, 0.05) is 31.5 Å². The number of unbranched alkanes of at least 4 members (excludes halogenated alkanes) is 2. The largest absolute Gasteiger partial charge is 0.506 e. The maximum atomic E-state index is 12.6. The zero-order chi connectivity index (χ0) is 27.4. The summed E-state index contributed by atoms with van der Waals surface area (Å²) in [5.41, 5.74) is 1.44.